The molecule has 2 nitrogen and oxygen atoms in total. The number of rotatable bonds is 3. The van der Waals surface area contributed by atoms with Crippen LogP contribution in [-0.4, -0.2) is 5.71 Å². The molecule has 1 rings (SSSR count). The Bertz CT molecular complexity index is 254. The summed E-state index contributed by atoms with van der Waals surface area (Å²) < 4.78 is 0. The zero-order valence-corrected chi connectivity index (χ0v) is 7.45. The molecule has 0 aromatic heterocycles. The molecule has 0 aliphatic rings. The Labute approximate surface area is 72.9 Å². The minimum atomic E-state index is 0.783. The van der Waals surface area contributed by atoms with E-state index in [-0.39, 0.29) is 0 Å². The van der Waals surface area contributed by atoms with Crippen LogP contribution >= 0.6 is 0 Å². The van der Waals surface area contributed by atoms with Gasteiger partial charge < -0.3 is 4.84 Å². The van der Waals surface area contributed by atoms with Gasteiger partial charge in [-0.2, -0.15) is 0 Å². The molecule has 0 spiro atoms. The molecule has 0 radical (unpaired) electrons. The Kier molecular flexibility index (Phi) is 3.33. The first kappa shape index (κ1) is 8.78. The number of para-hydroxylation sites is 1. The van der Waals surface area contributed by atoms with Gasteiger partial charge in [0.1, 0.15) is 0 Å². The summed E-state index contributed by atoms with van der Waals surface area (Å²) >= 11 is 0. The summed E-state index contributed by atoms with van der Waals surface area (Å²) in [6.07, 6.45) is 0.923. The van der Waals surface area contributed by atoms with Gasteiger partial charge in [0.25, 0.3) is 0 Å². The van der Waals surface area contributed by atoms with E-state index in [2.05, 4.69) is 5.16 Å². The van der Waals surface area contributed by atoms with Crippen LogP contribution in [0, 0.1) is 0 Å². The van der Waals surface area contributed by atoms with Crippen LogP contribution in [0.5, 0.6) is 5.75 Å². The summed E-state index contributed by atoms with van der Waals surface area (Å²) in [7, 11) is 0. The van der Waals surface area contributed by atoms with Crippen LogP contribution in [0.2, 0.25) is 0 Å². The minimum Gasteiger partial charge on any atom is -0.357 e. The molecule has 0 aliphatic carbocycles. The van der Waals surface area contributed by atoms with Crippen molar-refractivity contribution in [1.82, 2.24) is 0 Å². The van der Waals surface area contributed by atoms with Crippen molar-refractivity contribution in [3.63, 3.8) is 0 Å². The van der Waals surface area contributed by atoms with Gasteiger partial charge in [0.15, 0.2) is 5.75 Å². The maximum Gasteiger partial charge on any atom is 0.157 e. The van der Waals surface area contributed by atoms with Crippen molar-refractivity contribution >= 4 is 5.71 Å². The minimum absolute atomic E-state index is 0.783. The molecular formula is C10H13NO. The average molecular weight is 163 g/mol. The van der Waals surface area contributed by atoms with Crippen LogP contribution in [0.4, 0.5) is 0 Å². The first-order chi connectivity index (χ1) is 5.83. The molecule has 1 aromatic rings. The third kappa shape index (κ3) is 2.74. The standard InChI is InChI=1S/C10H13NO/c1-3-9(2)11-12-10-7-5-4-6-8-10/h4-8H,3H2,1-2H3/b11-9+. The largest absolute Gasteiger partial charge is 0.357 e. The van der Waals surface area contributed by atoms with Gasteiger partial charge in [0.2, 0.25) is 0 Å². The first-order valence-corrected chi connectivity index (χ1v) is 4.08. The number of oxime groups is 1. The van der Waals surface area contributed by atoms with E-state index in [0.717, 1.165) is 17.9 Å². The molecule has 0 fully saturated rings. The number of nitrogens with zero attached hydrogens (tertiary/aromatic N) is 1. The molecule has 0 N–H and O–H groups in total. The summed E-state index contributed by atoms with van der Waals surface area (Å²) in [5, 5.41) is 3.93. The molecule has 0 heterocycles. The molecule has 0 atom stereocenters. The Morgan fingerprint density at radius 3 is 2.58 bits per heavy atom. The maximum absolute atomic E-state index is 5.15. The lowest BCUT2D eigenvalue weighted by atomic mass is 10.3. The lowest BCUT2D eigenvalue weighted by Crippen LogP contribution is -1.91. The van der Waals surface area contributed by atoms with Gasteiger partial charge in [0, 0.05) is 0 Å². The zero-order valence-electron chi connectivity index (χ0n) is 7.45. The van der Waals surface area contributed by atoms with Gasteiger partial charge in [0.05, 0.1) is 5.71 Å². The van der Waals surface area contributed by atoms with Gasteiger partial charge in [-0.05, 0) is 25.5 Å². The molecule has 0 bridgehead atoms. The van der Waals surface area contributed by atoms with Gasteiger partial charge in [-0.1, -0.05) is 30.3 Å². The summed E-state index contributed by atoms with van der Waals surface area (Å²) in [5.41, 5.74) is 0.999. The Morgan fingerprint density at radius 2 is 2.00 bits per heavy atom. The van der Waals surface area contributed by atoms with E-state index in [4.69, 9.17) is 4.84 Å². The number of benzene rings is 1. The fraction of sp³-hybridized carbons (Fsp3) is 0.300. The second-order valence-electron chi connectivity index (χ2n) is 2.58. The molecule has 0 saturated heterocycles. The van der Waals surface area contributed by atoms with E-state index in [1.54, 1.807) is 0 Å². The fourth-order valence-corrected chi connectivity index (χ4v) is 0.677. The highest BCUT2D eigenvalue weighted by atomic mass is 16.6. The van der Waals surface area contributed by atoms with Crippen LogP contribution in [-0.2, 0) is 0 Å². The average Bonchev–Trinajstić information content (AvgIpc) is 2.16. The summed E-state index contributed by atoms with van der Waals surface area (Å²) in [5.74, 6) is 0.783. The van der Waals surface area contributed by atoms with Crippen molar-refractivity contribution in [2.24, 2.45) is 5.16 Å². The van der Waals surface area contributed by atoms with E-state index < -0.39 is 0 Å². The van der Waals surface area contributed by atoms with E-state index in [1.165, 1.54) is 0 Å². The smallest absolute Gasteiger partial charge is 0.157 e. The third-order valence-corrected chi connectivity index (χ3v) is 1.56. The van der Waals surface area contributed by atoms with Crippen molar-refractivity contribution in [2.75, 3.05) is 0 Å². The molecule has 1 aromatic carbocycles. The lowest BCUT2D eigenvalue weighted by molar-refractivity contribution is 0.340. The van der Waals surface area contributed by atoms with Gasteiger partial charge >= 0.3 is 0 Å². The first-order valence-electron chi connectivity index (χ1n) is 4.08. The summed E-state index contributed by atoms with van der Waals surface area (Å²) in [6.45, 7) is 4.00. The van der Waals surface area contributed by atoms with Crippen LogP contribution in [0.25, 0.3) is 0 Å². The van der Waals surface area contributed by atoms with Gasteiger partial charge in [-0.3, -0.25) is 0 Å². The lowest BCUT2D eigenvalue weighted by Gasteiger charge is -1.98. The van der Waals surface area contributed by atoms with Gasteiger partial charge in [-0.15, -0.1) is 0 Å². The van der Waals surface area contributed by atoms with Crippen molar-refractivity contribution in [1.29, 1.82) is 0 Å². The molecular weight excluding hydrogens is 150 g/mol. The number of hydrogen-bond acceptors (Lipinski definition) is 2. The predicted octanol–water partition coefficient (Wildman–Crippen LogP) is 2.85. The van der Waals surface area contributed by atoms with E-state index >= 15 is 0 Å². The van der Waals surface area contributed by atoms with Gasteiger partial charge in [-0.25, -0.2) is 0 Å². The molecule has 0 saturated carbocycles. The molecule has 0 aliphatic heterocycles. The zero-order chi connectivity index (χ0) is 8.81. The SMILES string of the molecule is CC/C(C)=N/Oc1ccccc1. The quantitative estimate of drug-likeness (QED) is 0.496. The molecule has 2 heteroatoms. The molecule has 64 valence electrons. The summed E-state index contributed by atoms with van der Waals surface area (Å²) in [6, 6.07) is 9.56. The highest BCUT2D eigenvalue weighted by molar-refractivity contribution is 5.81. The Morgan fingerprint density at radius 1 is 1.33 bits per heavy atom. The molecule has 0 unspecified atom stereocenters. The highest BCUT2D eigenvalue weighted by Gasteiger charge is 1.89. The van der Waals surface area contributed by atoms with Crippen molar-refractivity contribution in [3.05, 3.63) is 30.3 Å². The van der Waals surface area contributed by atoms with Crippen LogP contribution in [0.1, 0.15) is 20.3 Å². The van der Waals surface area contributed by atoms with E-state index in [1.807, 2.05) is 44.2 Å². The predicted molar refractivity (Wildman–Crippen MR) is 50.5 cm³/mol. The third-order valence-electron chi connectivity index (χ3n) is 1.56. The molecule has 0 amide bonds. The monoisotopic (exact) mass is 163 g/mol. The van der Waals surface area contributed by atoms with Crippen LogP contribution in [0.15, 0.2) is 35.5 Å². The van der Waals surface area contributed by atoms with Crippen molar-refractivity contribution in [3.8, 4) is 5.75 Å². The van der Waals surface area contributed by atoms with E-state index in [9.17, 15) is 0 Å². The second kappa shape index (κ2) is 4.54. The van der Waals surface area contributed by atoms with Crippen LogP contribution < -0.4 is 4.84 Å². The fourth-order valence-electron chi connectivity index (χ4n) is 0.677. The summed E-state index contributed by atoms with van der Waals surface area (Å²) in [4.78, 5) is 5.15. The van der Waals surface area contributed by atoms with Crippen molar-refractivity contribution in [2.45, 2.75) is 20.3 Å². The Hall–Kier alpha value is -1.31. The Balaban J connectivity index is 2.54. The second-order valence-corrected chi connectivity index (χ2v) is 2.58. The normalized spacial score (nSPS) is 11.3. The van der Waals surface area contributed by atoms with E-state index in [0.29, 0.717) is 0 Å². The van der Waals surface area contributed by atoms with Crippen LogP contribution in [0.3, 0.4) is 0 Å². The number of hydrogen-bond donors (Lipinski definition) is 0. The topological polar surface area (TPSA) is 21.6 Å². The molecule has 12 heavy (non-hydrogen) atoms. The maximum atomic E-state index is 5.15. The van der Waals surface area contributed by atoms with Crippen molar-refractivity contribution < 1.29 is 4.84 Å². The highest BCUT2D eigenvalue weighted by Crippen LogP contribution is 2.08.